The molecule has 6 nitrogen and oxygen atoms in total. The first-order valence-corrected chi connectivity index (χ1v) is 6.09. The normalized spacial score (nSPS) is 11.1. The van der Waals surface area contributed by atoms with E-state index >= 15 is 0 Å². The number of nitrogens with one attached hydrogen (secondary N) is 2. The van der Waals surface area contributed by atoms with Crippen molar-refractivity contribution in [1.82, 2.24) is 5.32 Å². The van der Waals surface area contributed by atoms with Crippen LogP contribution >= 0.6 is 0 Å². The van der Waals surface area contributed by atoms with Crippen LogP contribution < -0.4 is 10.6 Å². The predicted octanol–water partition coefficient (Wildman–Crippen LogP) is 2.55. The van der Waals surface area contributed by atoms with Gasteiger partial charge in [-0.05, 0) is 11.5 Å². The van der Waals surface area contributed by atoms with Crippen LogP contribution in [0, 0.1) is 21.3 Å². The van der Waals surface area contributed by atoms with Crippen LogP contribution in [0.5, 0.6) is 0 Å². The van der Waals surface area contributed by atoms with E-state index in [1.807, 2.05) is 20.8 Å². The van der Waals surface area contributed by atoms with Crippen LogP contribution in [0.4, 0.5) is 15.8 Å². The Kier molecular flexibility index (Phi) is 4.65. The second-order valence-electron chi connectivity index (χ2n) is 5.60. The zero-order valence-electron chi connectivity index (χ0n) is 11.9. The smallest absolute Gasteiger partial charge is 0.285 e. The molecule has 1 aromatic carbocycles. The van der Waals surface area contributed by atoms with Crippen molar-refractivity contribution >= 4 is 17.3 Å². The summed E-state index contributed by atoms with van der Waals surface area (Å²) in [5.74, 6) is -1.37. The molecule has 0 atom stereocenters. The summed E-state index contributed by atoms with van der Waals surface area (Å²) in [6.45, 7) is 6.12. The Labute approximate surface area is 116 Å². The molecule has 0 fully saturated rings. The fourth-order valence-electron chi connectivity index (χ4n) is 1.53. The van der Waals surface area contributed by atoms with Crippen molar-refractivity contribution in [3.05, 3.63) is 33.6 Å². The van der Waals surface area contributed by atoms with Crippen molar-refractivity contribution in [2.24, 2.45) is 5.41 Å². The molecule has 1 aromatic rings. The number of carbonyl (C=O) groups is 1. The van der Waals surface area contributed by atoms with Crippen molar-refractivity contribution in [2.45, 2.75) is 20.8 Å². The van der Waals surface area contributed by atoms with Crippen molar-refractivity contribution in [3.8, 4) is 0 Å². The number of rotatable bonds is 4. The Morgan fingerprint density at radius 1 is 1.40 bits per heavy atom. The SMILES string of the molecule is CNc1cc(C(=O)NCC(C)(C)C)c([N+](=O)[O-])cc1F. The van der Waals surface area contributed by atoms with Crippen LogP contribution in [-0.2, 0) is 0 Å². The molecule has 0 heterocycles. The lowest BCUT2D eigenvalue weighted by atomic mass is 9.97. The van der Waals surface area contributed by atoms with Gasteiger partial charge in [0.05, 0.1) is 16.7 Å². The van der Waals surface area contributed by atoms with Gasteiger partial charge in [-0.3, -0.25) is 14.9 Å². The minimum Gasteiger partial charge on any atom is -0.386 e. The number of amides is 1. The molecule has 0 spiro atoms. The monoisotopic (exact) mass is 283 g/mol. The van der Waals surface area contributed by atoms with Gasteiger partial charge in [0.2, 0.25) is 0 Å². The molecule has 0 bridgehead atoms. The first-order valence-electron chi connectivity index (χ1n) is 6.09. The van der Waals surface area contributed by atoms with E-state index in [2.05, 4.69) is 10.6 Å². The molecule has 110 valence electrons. The summed E-state index contributed by atoms with van der Waals surface area (Å²) in [4.78, 5) is 22.2. The first-order chi connectivity index (χ1) is 9.15. The van der Waals surface area contributed by atoms with Gasteiger partial charge in [-0.1, -0.05) is 20.8 Å². The number of halogens is 1. The molecule has 0 radical (unpaired) electrons. The lowest BCUT2D eigenvalue weighted by Crippen LogP contribution is -2.32. The number of hydrogen-bond acceptors (Lipinski definition) is 4. The van der Waals surface area contributed by atoms with Gasteiger partial charge in [0.15, 0.2) is 5.82 Å². The number of nitrogens with zero attached hydrogens (tertiary/aromatic N) is 1. The van der Waals surface area contributed by atoms with E-state index < -0.39 is 22.3 Å². The van der Waals surface area contributed by atoms with Crippen molar-refractivity contribution < 1.29 is 14.1 Å². The molecule has 7 heteroatoms. The summed E-state index contributed by atoms with van der Waals surface area (Å²) < 4.78 is 13.5. The average molecular weight is 283 g/mol. The largest absolute Gasteiger partial charge is 0.386 e. The van der Waals surface area contributed by atoms with Gasteiger partial charge in [-0.25, -0.2) is 4.39 Å². The highest BCUT2D eigenvalue weighted by Gasteiger charge is 2.24. The number of hydrogen-bond donors (Lipinski definition) is 2. The molecule has 0 aliphatic carbocycles. The summed E-state index contributed by atoms with van der Waals surface area (Å²) in [5, 5.41) is 16.1. The molecule has 0 unspecified atom stereocenters. The van der Waals surface area contributed by atoms with Crippen molar-refractivity contribution in [2.75, 3.05) is 18.9 Å². The molecule has 0 aliphatic heterocycles. The maximum Gasteiger partial charge on any atom is 0.285 e. The van der Waals surface area contributed by atoms with Crippen molar-refractivity contribution in [3.63, 3.8) is 0 Å². The third kappa shape index (κ3) is 3.91. The number of benzene rings is 1. The highest BCUT2D eigenvalue weighted by molar-refractivity contribution is 5.99. The van der Waals surface area contributed by atoms with E-state index in [1.54, 1.807) is 0 Å². The molecule has 0 saturated heterocycles. The fraction of sp³-hybridized carbons (Fsp3) is 0.462. The van der Waals surface area contributed by atoms with Gasteiger partial charge in [0, 0.05) is 13.6 Å². The molecule has 1 rings (SSSR count). The van der Waals surface area contributed by atoms with Gasteiger partial charge in [0.25, 0.3) is 11.6 Å². The van der Waals surface area contributed by atoms with Gasteiger partial charge in [-0.2, -0.15) is 0 Å². The zero-order valence-corrected chi connectivity index (χ0v) is 11.9. The highest BCUT2D eigenvalue weighted by atomic mass is 19.1. The lowest BCUT2D eigenvalue weighted by molar-refractivity contribution is -0.385. The second kappa shape index (κ2) is 5.85. The quantitative estimate of drug-likeness (QED) is 0.657. The van der Waals surface area contributed by atoms with Crippen LogP contribution in [0.2, 0.25) is 0 Å². The molecule has 20 heavy (non-hydrogen) atoms. The van der Waals surface area contributed by atoms with Crippen LogP contribution in [0.25, 0.3) is 0 Å². The van der Waals surface area contributed by atoms with Gasteiger partial charge in [0.1, 0.15) is 5.56 Å². The Morgan fingerprint density at radius 2 is 2.00 bits per heavy atom. The van der Waals surface area contributed by atoms with E-state index in [1.165, 1.54) is 7.05 Å². The van der Waals surface area contributed by atoms with Crippen LogP contribution in [0.15, 0.2) is 12.1 Å². The summed E-state index contributed by atoms with van der Waals surface area (Å²) >= 11 is 0. The molecule has 1 amide bonds. The maximum absolute atomic E-state index is 13.5. The van der Waals surface area contributed by atoms with E-state index in [0.717, 1.165) is 12.1 Å². The molecule has 0 aliphatic rings. The van der Waals surface area contributed by atoms with Crippen LogP contribution in [0.1, 0.15) is 31.1 Å². The average Bonchev–Trinajstić information content (AvgIpc) is 2.34. The molecular weight excluding hydrogens is 265 g/mol. The molecular formula is C13H18FN3O3. The minimum atomic E-state index is -0.772. The number of nitro groups is 1. The Morgan fingerprint density at radius 3 is 2.45 bits per heavy atom. The summed E-state index contributed by atoms with van der Waals surface area (Å²) in [6.07, 6.45) is 0. The fourth-order valence-corrected chi connectivity index (χ4v) is 1.53. The molecule has 2 N–H and O–H groups in total. The molecule has 0 saturated carbocycles. The first kappa shape index (κ1) is 15.9. The van der Waals surface area contributed by atoms with Gasteiger partial charge in [-0.15, -0.1) is 0 Å². The maximum atomic E-state index is 13.5. The van der Waals surface area contributed by atoms with Gasteiger partial charge >= 0.3 is 0 Å². The standard InChI is InChI=1S/C13H18FN3O3/c1-13(2,3)7-16-12(18)8-5-10(15-4)9(14)6-11(8)17(19)20/h5-6,15H,7H2,1-4H3,(H,16,18). The summed E-state index contributed by atoms with van der Waals surface area (Å²) in [6, 6.07) is 1.89. The Balaban J connectivity index is 3.14. The van der Waals surface area contributed by atoms with Crippen LogP contribution in [0.3, 0.4) is 0 Å². The Bertz CT molecular complexity index is 538. The highest BCUT2D eigenvalue weighted by Crippen LogP contribution is 2.26. The summed E-state index contributed by atoms with van der Waals surface area (Å²) in [7, 11) is 1.47. The third-order valence-electron chi connectivity index (χ3n) is 2.58. The lowest BCUT2D eigenvalue weighted by Gasteiger charge is -2.18. The number of nitro benzene ring substituents is 1. The Hall–Kier alpha value is -2.18. The zero-order chi connectivity index (χ0) is 15.5. The van der Waals surface area contributed by atoms with Gasteiger partial charge < -0.3 is 10.6 Å². The van der Waals surface area contributed by atoms with E-state index in [-0.39, 0.29) is 16.7 Å². The topological polar surface area (TPSA) is 84.3 Å². The summed E-state index contributed by atoms with van der Waals surface area (Å²) in [5.41, 5.74) is -0.828. The number of carbonyl (C=O) groups excluding carboxylic acids is 1. The minimum absolute atomic E-state index is 0.0384. The number of anilines is 1. The van der Waals surface area contributed by atoms with Crippen molar-refractivity contribution in [1.29, 1.82) is 0 Å². The van der Waals surface area contributed by atoms with E-state index in [4.69, 9.17) is 0 Å². The van der Waals surface area contributed by atoms with Crippen LogP contribution in [-0.4, -0.2) is 24.4 Å². The predicted molar refractivity (Wildman–Crippen MR) is 74.4 cm³/mol. The third-order valence-corrected chi connectivity index (χ3v) is 2.58. The second-order valence-corrected chi connectivity index (χ2v) is 5.60. The molecule has 0 aromatic heterocycles. The van der Waals surface area contributed by atoms with E-state index in [0.29, 0.717) is 6.54 Å². The van der Waals surface area contributed by atoms with E-state index in [9.17, 15) is 19.3 Å².